The molecule has 2 N–H and O–H groups in total. The summed E-state index contributed by atoms with van der Waals surface area (Å²) in [6.07, 6.45) is 3.18. The molecule has 2 amide bonds. The third-order valence-electron chi connectivity index (χ3n) is 4.52. The Bertz CT molecular complexity index is 1120. The van der Waals surface area contributed by atoms with Crippen molar-refractivity contribution in [2.24, 2.45) is 0 Å². The van der Waals surface area contributed by atoms with Gasteiger partial charge in [0.15, 0.2) is 16.6 Å². The molecule has 0 spiro atoms. The van der Waals surface area contributed by atoms with E-state index >= 15 is 0 Å². The van der Waals surface area contributed by atoms with Crippen molar-refractivity contribution in [3.05, 3.63) is 65.0 Å². The largest absolute Gasteiger partial charge is 0.486 e. The highest BCUT2D eigenvalue weighted by molar-refractivity contribution is 7.14. The van der Waals surface area contributed by atoms with Crippen LogP contribution < -0.4 is 20.1 Å². The second-order valence-corrected chi connectivity index (χ2v) is 7.73. The van der Waals surface area contributed by atoms with Crippen LogP contribution in [-0.4, -0.2) is 30.0 Å². The van der Waals surface area contributed by atoms with Gasteiger partial charge in [0.25, 0.3) is 0 Å². The van der Waals surface area contributed by atoms with Crippen LogP contribution in [0, 0.1) is 0 Å². The average molecular weight is 436 g/mol. The number of amides is 2. The first-order valence-electron chi connectivity index (χ1n) is 9.75. The maximum Gasteiger partial charge on any atom is 0.250 e. The second-order valence-electron chi connectivity index (χ2n) is 6.87. The molecule has 0 atom stereocenters. The molecule has 0 saturated carbocycles. The molecule has 1 aliphatic rings. The quantitative estimate of drug-likeness (QED) is 0.574. The van der Waals surface area contributed by atoms with Crippen molar-refractivity contribution >= 4 is 34.4 Å². The van der Waals surface area contributed by atoms with Gasteiger partial charge < -0.3 is 14.8 Å². The molecule has 8 heteroatoms. The zero-order valence-electron chi connectivity index (χ0n) is 16.9. The van der Waals surface area contributed by atoms with E-state index in [0.717, 1.165) is 22.4 Å². The average Bonchev–Trinajstić information content (AvgIpc) is 3.25. The predicted molar refractivity (Wildman–Crippen MR) is 120 cm³/mol. The molecule has 7 nitrogen and oxygen atoms in total. The van der Waals surface area contributed by atoms with E-state index in [4.69, 9.17) is 9.47 Å². The van der Waals surface area contributed by atoms with Crippen LogP contribution in [0.4, 0.5) is 5.13 Å². The first-order chi connectivity index (χ1) is 15.1. The van der Waals surface area contributed by atoms with Gasteiger partial charge in [-0.05, 0) is 29.3 Å². The van der Waals surface area contributed by atoms with Gasteiger partial charge in [-0.25, -0.2) is 4.98 Å². The summed E-state index contributed by atoms with van der Waals surface area (Å²) in [6.45, 7) is 3.04. The summed E-state index contributed by atoms with van der Waals surface area (Å²) < 4.78 is 11.1. The molecule has 2 aromatic carbocycles. The molecule has 0 unspecified atom stereocenters. The zero-order valence-corrected chi connectivity index (χ0v) is 17.7. The lowest BCUT2D eigenvalue weighted by molar-refractivity contribution is -0.119. The number of fused-ring (bicyclic) bond motifs is 1. The Hall–Kier alpha value is -3.65. The van der Waals surface area contributed by atoms with Gasteiger partial charge in [-0.3, -0.25) is 14.9 Å². The van der Waals surface area contributed by atoms with Crippen molar-refractivity contribution in [2.45, 2.75) is 13.5 Å². The van der Waals surface area contributed by atoms with Crippen molar-refractivity contribution < 1.29 is 19.1 Å². The van der Waals surface area contributed by atoms with Crippen LogP contribution in [-0.2, 0) is 16.1 Å². The third-order valence-corrected chi connectivity index (χ3v) is 5.28. The summed E-state index contributed by atoms with van der Waals surface area (Å²) in [5, 5.41) is 7.97. The van der Waals surface area contributed by atoms with Crippen LogP contribution in [0.3, 0.4) is 0 Å². The molecule has 0 fully saturated rings. The number of rotatable bonds is 6. The Kier molecular flexibility index (Phi) is 6.28. The summed E-state index contributed by atoms with van der Waals surface area (Å²) in [6, 6.07) is 13.3. The van der Waals surface area contributed by atoms with Crippen LogP contribution in [0.1, 0.15) is 18.1 Å². The van der Waals surface area contributed by atoms with Gasteiger partial charge in [0.05, 0.1) is 5.69 Å². The molecule has 0 bridgehead atoms. The molecule has 1 aliphatic heterocycles. The summed E-state index contributed by atoms with van der Waals surface area (Å²) in [5.41, 5.74) is 3.57. The number of hydrogen-bond donors (Lipinski definition) is 2. The number of ether oxygens (including phenoxy) is 2. The first kappa shape index (κ1) is 20.6. The number of nitrogens with zero attached hydrogens (tertiary/aromatic N) is 1. The predicted octanol–water partition coefficient (Wildman–Crippen LogP) is 3.87. The van der Waals surface area contributed by atoms with Crippen molar-refractivity contribution in [2.75, 3.05) is 18.5 Å². The highest BCUT2D eigenvalue weighted by atomic mass is 32.1. The van der Waals surface area contributed by atoms with Crippen LogP contribution in [0.15, 0.2) is 53.9 Å². The number of benzene rings is 2. The van der Waals surface area contributed by atoms with Crippen molar-refractivity contribution in [3.63, 3.8) is 0 Å². The monoisotopic (exact) mass is 435 g/mol. The van der Waals surface area contributed by atoms with E-state index in [1.54, 1.807) is 6.08 Å². The van der Waals surface area contributed by atoms with Crippen LogP contribution in [0.5, 0.6) is 11.5 Å². The summed E-state index contributed by atoms with van der Waals surface area (Å²) in [5.74, 6) is 1.07. The Morgan fingerprint density at radius 3 is 2.65 bits per heavy atom. The Morgan fingerprint density at radius 1 is 1.10 bits per heavy atom. The lowest BCUT2D eigenvalue weighted by Crippen LogP contribution is -2.18. The summed E-state index contributed by atoms with van der Waals surface area (Å²) >= 11 is 1.36. The van der Waals surface area contributed by atoms with Gasteiger partial charge in [0.2, 0.25) is 11.8 Å². The van der Waals surface area contributed by atoms with Crippen molar-refractivity contribution in [1.29, 1.82) is 0 Å². The van der Waals surface area contributed by atoms with E-state index in [-0.39, 0.29) is 11.8 Å². The minimum absolute atomic E-state index is 0.0630. The lowest BCUT2D eigenvalue weighted by atomic mass is 10.1. The third kappa shape index (κ3) is 5.49. The van der Waals surface area contributed by atoms with Crippen molar-refractivity contribution in [1.82, 2.24) is 10.3 Å². The molecular weight excluding hydrogens is 414 g/mol. The smallest absolute Gasteiger partial charge is 0.250 e. The lowest BCUT2D eigenvalue weighted by Gasteiger charge is -2.18. The summed E-state index contributed by atoms with van der Waals surface area (Å²) in [7, 11) is 0. The number of carbonyl (C=O) groups excluding carboxylic acids is 2. The van der Waals surface area contributed by atoms with Gasteiger partial charge in [0.1, 0.15) is 13.2 Å². The van der Waals surface area contributed by atoms with E-state index in [0.29, 0.717) is 36.4 Å². The first-order valence-corrected chi connectivity index (χ1v) is 10.6. The Balaban J connectivity index is 1.35. The Labute approximate surface area is 183 Å². The molecule has 1 aromatic heterocycles. The molecular formula is C23H21N3O4S. The second kappa shape index (κ2) is 9.44. The SMILES string of the molecule is CC(=O)NCc1ccc(-c2csc(NC(=O)/C=C\c3ccc4c(c3)OCCO4)n2)cc1. The minimum Gasteiger partial charge on any atom is -0.486 e. The van der Waals surface area contributed by atoms with Crippen LogP contribution in [0.2, 0.25) is 0 Å². The zero-order chi connectivity index (χ0) is 21.6. The molecule has 0 saturated heterocycles. The van der Waals surface area contributed by atoms with Gasteiger partial charge in [-0.1, -0.05) is 30.3 Å². The normalized spacial score (nSPS) is 12.5. The molecule has 158 valence electrons. The number of anilines is 1. The van der Waals surface area contributed by atoms with E-state index < -0.39 is 0 Å². The molecule has 0 radical (unpaired) electrons. The van der Waals surface area contributed by atoms with Crippen LogP contribution >= 0.6 is 11.3 Å². The van der Waals surface area contributed by atoms with E-state index in [9.17, 15) is 9.59 Å². The number of nitrogens with one attached hydrogen (secondary N) is 2. The molecule has 31 heavy (non-hydrogen) atoms. The van der Waals surface area contributed by atoms with Crippen LogP contribution in [0.25, 0.3) is 17.3 Å². The highest BCUT2D eigenvalue weighted by Crippen LogP contribution is 2.31. The highest BCUT2D eigenvalue weighted by Gasteiger charge is 2.11. The van der Waals surface area contributed by atoms with E-state index in [2.05, 4.69) is 15.6 Å². The van der Waals surface area contributed by atoms with E-state index in [1.165, 1.54) is 24.3 Å². The molecule has 0 aliphatic carbocycles. The molecule has 3 aromatic rings. The molecule has 4 rings (SSSR count). The number of hydrogen-bond acceptors (Lipinski definition) is 6. The number of aromatic nitrogens is 1. The van der Waals surface area contributed by atoms with Gasteiger partial charge in [-0.2, -0.15) is 0 Å². The van der Waals surface area contributed by atoms with E-state index in [1.807, 2.05) is 47.8 Å². The van der Waals surface area contributed by atoms with Gasteiger partial charge >= 0.3 is 0 Å². The standard InChI is InChI=1S/C23H21N3O4S/c1-15(27)24-13-17-2-6-18(7-3-17)19-14-31-23(25-19)26-22(28)9-5-16-4-8-20-21(12-16)30-11-10-29-20/h2-9,12,14H,10-11,13H2,1H3,(H,24,27)(H,25,26,28)/b9-5-. The maximum atomic E-state index is 12.3. The maximum absolute atomic E-state index is 12.3. The topological polar surface area (TPSA) is 89.6 Å². The van der Waals surface area contributed by atoms with Crippen molar-refractivity contribution in [3.8, 4) is 22.8 Å². The fraction of sp³-hybridized carbons (Fsp3) is 0.174. The minimum atomic E-state index is -0.263. The Morgan fingerprint density at radius 2 is 1.87 bits per heavy atom. The fourth-order valence-electron chi connectivity index (χ4n) is 2.97. The number of carbonyl (C=O) groups is 2. The van der Waals surface area contributed by atoms with Gasteiger partial charge in [0, 0.05) is 30.5 Å². The number of thiazole rings is 1. The fourth-order valence-corrected chi connectivity index (χ4v) is 3.69. The molecule has 2 heterocycles. The van der Waals surface area contributed by atoms with Gasteiger partial charge in [-0.15, -0.1) is 11.3 Å². The summed E-state index contributed by atoms with van der Waals surface area (Å²) in [4.78, 5) is 27.8.